The SMILES string of the molecule is CC1(C)C2CCC1(C)C(NS(=O)(=O)c1cnn(CC(F)(F)F)c1)C2. The number of alkyl halides is 3. The van der Waals surface area contributed by atoms with Crippen molar-refractivity contribution in [1.29, 1.82) is 0 Å². The highest BCUT2D eigenvalue weighted by molar-refractivity contribution is 7.89. The van der Waals surface area contributed by atoms with Crippen molar-refractivity contribution < 1.29 is 21.6 Å². The van der Waals surface area contributed by atoms with Crippen LogP contribution in [0.15, 0.2) is 17.3 Å². The molecule has 0 amide bonds. The second-order valence-corrected chi connectivity index (χ2v) is 9.49. The van der Waals surface area contributed by atoms with Gasteiger partial charge in [-0.3, -0.25) is 4.68 Å². The molecular formula is C15H22F3N3O2S. The van der Waals surface area contributed by atoms with Gasteiger partial charge in [0, 0.05) is 12.2 Å². The van der Waals surface area contributed by atoms with E-state index < -0.39 is 22.7 Å². The zero-order chi connectivity index (χ0) is 18.0. The first kappa shape index (κ1) is 17.7. The molecule has 2 saturated carbocycles. The Morgan fingerprint density at radius 3 is 2.54 bits per heavy atom. The lowest BCUT2D eigenvalue weighted by molar-refractivity contribution is -0.142. The van der Waals surface area contributed by atoms with Gasteiger partial charge in [-0.1, -0.05) is 20.8 Å². The van der Waals surface area contributed by atoms with Crippen molar-refractivity contribution in [2.24, 2.45) is 16.7 Å². The number of hydrogen-bond donors (Lipinski definition) is 1. The molecule has 3 rings (SSSR count). The van der Waals surface area contributed by atoms with Crippen LogP contribution in [0.1, 0.15) is 40.0 Å². The average molecular weight is 365 g/mol. The number of halogens is 3. The molecule has 1 N–H and O–H groups in total. The lowest BCUT2D eigenvalue weighted by Crippen LogP contribution is -2.46. The summed E-state index contributed by atoms with van der Waals surface area (Å²) in [6.07, 6.45) is 0.254. The second-order valence-electron chi connectivity index (χ2n) is 7.77. The molecule has 5 nitrogen and oxygen atoms in total. The van der Waals surface area contributed by atoms with Gasteiger partial charge in [0.15, 0.2) is 0 Å². The van der Waals surface area contributed by atoms with Crippen LogP contribution in [0.25, 0.3) is 0 Å². The van der Waals surface area contributed by atoms with Crippen molar-refractivity contribution in [3.05, 3.63) is 12.4 Å². The maximum atomic E-state index is 12.6. The van der Waals surface area contributed by atoms with Crippen LogP contribution in [0.2, 0.25) is 0 Å². The molecule has 3 unspecified atom stereocenters. The van der Waals surface area contributed by atoms with Gasteiger partial charge < -0.3 is 0 Å². The minimum Gasteiger partial charge on any atom is -0.262 e. The quantitative estimate of drug-likeness (QED) is 0.892. The molecular weight excluding hydrogens is 343 g/mol. The van der Waals surface area contributed by atoms with Crippen LogP contribution in [0, 0.1) is 16.7 Å². The first-order valence-electron chi connectivity index (χ1n) is 7.97. The second kappa shape index (κ2) is 5.20. The molecule has 0 radical (unpaired) electrons. The third-order valence-corrected chi connectivity index (χ3v) is 7.78. The third kappa shape index (κ3) is 2.75. The Morgan fingerprint density at radius 2 is 2.04 bits per heavy atom. The summed E-state index contributed by atoms with van der Waals surface area (Å²) in [4.78, 5) is -0.226. The van der Waals surface area contributed by atoms with Crippen LogP contribution < -0.4 is 4.72 Å². The molecule has 3 atom stereocenters. The van der Waals surface area contributed by atoms with E-state index >= 15 is 0 Å². The van der Waals surface area contributed by atoms with Crippen LogP contribution in [-0.2, 0) is 16.6 Å². The topological polar surface area (TPSA) is 64.0 Å². The van der Waals surface area contributed by atoms with E-state index in [1.54, 1.807) is 0 Å². The minimum absolute atomic E-state index is 0.0423. The average Bonchev–Trinajstić information content (AvgIpc) is 3.00. The van der Waals surface area contributed by atoms with E-state index in [-0.39, 0.29) is 21.8 Å². The predicted molar refractivity (Wildman–Crippen MR) is 81.6 cm³/mol. The van der Waals surface area contributed by atoms with E-state index in [1.807, 2.05) is 0 Å². The molecule has 2 fully saturated rings. The van der Waals surface area contributed by atoms with Gasteiger partial charge in [-0.05, 0) is 36.0 Å². The normalized spacial score (nSPS) is 32.4. The standard InChI is InChI=1S/C15H22F3N3O2S/c1-13(2)10-4-5-14(13,3)12(6-10)20-24(22,23)11-7-19-21(8-11)9-15(16,17)18/h7-8,10,12,20H,4-6,9H2,1-3H3. The molecule has 136 valence electrons. The smallest absolute Gasteiger partial charge is 0.262 e. The van der Waals surface area contributed by atoms with Gasteiger partial charge in [0.25, 0.3) is 0 Å². The van der Waals surface area contributed by atoms with E-state index in [9.17, 15) is 21.6 Å². The number of fused-ring (bicyclic) bond motifs is 2. The molecule has 0 saturated heterocycles. The summed E-state index contributed by atoms with van der Waals surface area (Å²) in [6, 6.07) is -0.206. The molecule has 24 heavy (non-hydrogen) atoms. The van der Waals surface area contributed by atoms with Gasteiger partial charge in [-0.15, -0.1) is 0 Å². The summed E-state index contributed by atoms with van der Waals surface area (Å²) in [7, 11) is -3.89. The highest BCUT2D eigenvalue weighted by atomic mass is 32.2. The fourth-order valence-electron chi connectivity index (χ4n) is 4.39. The van der Waals surface area contributed by atoms with Gasteiger partial charge >= 0.3 is 6.18 Å². The molecule has 0 aromatic carbocycles. The molecule has 0 aliphatic heterocycles. The summed E-state index contributed by atoms with van der Waals surface area (Å²) in [6.45, 7) is 5.12. The zero-order valence-electron chi connectivity index (χ0n) is 13.9. The van der Waals surface area contributed by atoms with Gasteiger partial charge in [0.2, 0.25) is 10.0 Å². The van der Waals surface area contributed by atoms with Crippen molar-refractivity contribution in [1.82, 2.24) is 14.5 Å². The van der Waals surface area contributed by atoms with Gasteiger partial charge in [0.1, 0.15) is 11.4 Å². The Bertz CT molecular complexity index is 741. The maximum absolute atomic E-state index is 12.6. The molecule has 0 spiro atoms. The van der Waals surface area contributed by atoms with E-state index in [2.05, 4.69) is 30.6 Å². The molecule has 2 aliphatic rings. The highest BCUT2D eigenvalue weighted by Gasteiger charge is 2.61. The predicted octanol–water partition coefficient (Wildman–Crippen LogP) is 2.94. The van der Waals surface area contributed by atoms with Crippen LogP contribution in [0.4, 0.5) is 13.2 Å². The Morgan fingerprint density at radius 1 is 1.38 bits per heavy atom. The Hall–Kier alpha value is -1.09. The Kier molecular flexibility index (Phi) is 3.84. The van der Waals surface area contributed by atoms with Gasteiger partial charge in [-0.2, -0.15) is 18.3 Å². The lowest BCUT2D eigenvalue weighted by atomic mass is 9.69. The first-order chi connectivity index (χ1) is 10.9. The van der Waals surface area contributed by atoms with E-state index in [4.69, 9.17) is 0 Å². The van der Waals surface area contributed by atoms with Crippen LogP contribution >= 0.6 is 0 Å². The number of aromatic nitrogens is 2. The van der Waals surface area contributed by atoms with Crippen molar-refractivity contribution in [3.8, 4) is 0 Å². The number of rotatable bonds is 4. The van der Waals surface area contributed by atoms with Crippen LogP contribution in [0.5, 0.6) is 0 Å². The van der Waals surface area contributed by atoms with Gasteiger partial charge in [0.05, 0.1) is 6.20 Å². The molecule has 2 aliphatic carbocycles. The maximum Gasteiger partial charge on any atom is 0.408 e. The Balaban J connectivity index is 1.78. The minimum atomic E-state index is -4.44. The number of nitrogens with zero attached hydrogens (tertiary/aromatic N) is 2. The highest BCUT2D eigenvalue weighted by Crippen LogP contribution is 2.65. The monoisotopic (exact) mass is 365 g/mol. The lowest BCUT2D eigenvalue weighted by Gasteiger charge is -2.39. The molecule has 1 heterocycles. The largest absolute Gasteiger partial charge is 0.408 e. The first-order valence-corrected chi connectivity index (χ1v) is 9.45. The number of sulfonamides is 1. The summed E-state index contributed by atoms with van der Waals surface area (Å²) in [5, 5.41) is 3.51. The summed E-state index contributed by atoms with van der Waals surface area (Å²) >= 11 is 0. The van der Waals surface area contributed by atoms with Crippen molar-refractivity contribution >= 4 is 10.0 Å². The third-order valence-electron chi connectivity index (χ3n) is 6.35. The van der Waals surface area contributed by atoms with Crippen LogP contribution in [-0.4, -0.2) is 30.4 Å². The van der Waals surface area contributed by atoms with Crippen molar-refractivity contribution in [3.63, 3.8) is 0 Å². The Labute approximate surface area is 139 Å². The number of hydrogen-bond acceptors (Lipinski definition) is 3. The van der Waals surface area contributed by atoms with E-state index in [1.165, 1.54) is 0 Å². The van der Waals surface area contributed by atoms with Crippen molar-refractivity contribution in [2.45, 2.75) is 63.7 Å². The molecule has 9 heteroatoms. The van der Waals surface area contributed by atoms with E-state index in [0.717, 1.165) is 31.7 Å². The fraction of sp³-hybridized carbons (Fsp3) is 0.800. The number of nitrogens with one attached hydrogen (secondary N) is 1. The molecule has 2 bridgehead atoms. The zero-order valence-corrected chi connectivity index (χ0v) is 14.7. The van der Waals surface area contributed by atoms with E-state index in [0.29, 0.717) is 10.6 Å². The summed E-state index contributed by atoms with van der Waals surface area (Å²) < 4.78 is 65.6. The summed E-state index contributed by atoms with van der Waals surface area (Å²) in [5.41, 5.74) is -0.104. The summed E-state index contributed by atoms with van der Waals surface area (Å²) in [5.74, 6) is 0.461. The van der Waals surface area contributed by atoms with Gasteiger partial charge in [-0.25, -0.2) is 13.1 Å². The fourth-order valence-corrected chi connectivity index (χ4v) is 5.70. The molecule has 1 aromatic rings. The van der Waals surface area contributed by atoms with Crippen molar-refractivity contribution in [2.75, 3.05) is 0 Å². The van der Waals surface area contributed by atoms with Crippen LogP contribution in [0.3, 0.4) is 0 Å². The molecule has 1 aromatic heterocycles.